The van der Waals surface area contributed by atoms with Gasteiger partial charge in [0.2, 0.25) is 17.1 Å². The van der Waals surface area contributed by atoms with Crippen LogP contribution in [0.15, 0.2) is 39.5 Å². The zero-order valence-electron chi connectivity index (χ0n) is 23.7. The summed E-state index contributed by atoms with van der Waals surface area (Å²) in [5.41, 5.74) is -0.490. The van der Waals surface area contributed by atoms with Crippen molar-refractivity contribution in [2.45, 2.75) is 70.4 Å². The van der Waals surface area contributed by atoms with Gasteiger partial charge in [-0.3, -0.25) is 9.59 Å². The number of H-pyrrole nitrogens is 1. The number of likely N-dealkylation sites (tertiary alicyclic amines) is 1. The third kappa shape index (κ3) is 6.80. The van der Waals surface area contributed by atoms with Gasteiger partial charge in [-0.15, -0.1) is 0 Å². The number of aromatic nitrogens is 2. The number of thioether (sulfide) groups is 1. The van der Waals surface area contributed by atoms with Crippen molar-refractivity contribution in [3.63, 3.8) is 0 Å². The number of hydrogen-bond donors (Lipinski definition) is 3. The molecule has 0 saturated carbocycles. The van der Waals surface area contributed by atoms with Crippen molar-refractivity contribution >= 4 is 34.8 Å². The summed E-state index contributed by atoms with van der Waals surface area (Å²) >= 11 is 1.68. The second-order valence-electron chi connectivity index (χ2n) is 11.4. The zero-order valence-corrected chi connectivity index (χ0v) is 24.5. The second kappa shape index (κ2) is 12.0. The number of amides is 2. The average Bonchev–Trinajstić information content (AvgIpc) is 3.32. The van der Waals surface area contributed by atoms with Crippen LogP contribution in [0.4, 0.5) is 4.79 Å². The number of nitrogens with zero attached hydrogens (tertiary/aromatic N) is 2. The molecule has 216 valence electrons. The third-order valence-corrected chi connectivity index (χ3v) is 7.73. The van der Waals surface area contributed by atoms with Crippen LogP contribution in [0.2, 0.25) is 0 Å². The van der Waals surface area contributed by atoms with E-state index in [1.54, 1.807) is 44.4 Å². The first kappa shape index (κ1) is 29.5. The predicted molar refractivity (Wildman–Crippen MR) is 155 cm³/mol. The molecule has 0 spiro atoms. The smallest absolute Gasteiger partial charge is 0.410 e. The summed E-state index contributed by atoms with van der Waals surface area (Å²) in [5.74, 6) is 1.14. The molecule has 1 saturated heterocycles. The maximum absolute atomic E-state index is 13.7. The van der Waals surface area contributed by atoms with Crippen LogP contribution in [-0.2, 0) is 14.9 Å². The molecule has 1 aliphatic heterocycles. The molecule has 4 rings (SSSR count). The minimum absolute atomic E-state index is 0.0366. The molecule has 3 N–H and O–H groups in total. The number of ether oxygens (including phenoxy) is 1. The largest absolute Gasteiger partial charge is 0.502 e. The van der Waals surface area contributed by atoms with Crippen molar-refractivity contribution in [1.29, 1.82) is 0 Å². The number of carbonyl (C=O) groups is 2. The molecule has 1 aliphatic rings. The standard InChI is InChI=1S/C29H38N4O6S/c1-18-16-22(34)24(36)25(38-18)29(11-13-33(14-12-29)27(37)39-28(2,3)4)17-23(35)30-21(10-15-40-5)26-31-19-8-6-7-9-20(19)32-26/h6-9,16,21,36H,10-15,17H2,1-5H3,(H,30,35)(H,31,32)/t21-/m0/s1. The molecule has 1 fully saturated rings. The van der Waals surface area contributed by atoms with Crippen molar-refractivity contribution in [1.82, 2.24) is 20.2 Å². The highest BCUT2D eigenvalue weighted by molar-refractivity contribution is 7.98. The molecule has 1 atom stereocenters. The molecular formula is C29H38N4O6S. The van der Waals surface area contributed by atoms with E-state index in [0.29, 0.717) is 30.8 Å². The first-order valence-electron chi connectivity index (χ1n) is 13.5. The Morgan fingerprint density at radius 3 is 2.62 bits per heavy atom. The van der Waals surface area contributed by atoms with E-state index < -0.39 is 28.3 Å². The number of aromatic hydroxyl groups is 1. The molecule has 10 nitrogen and oxygen atoms in total. The number of benzene rings is 1. The van der Waals surface area contributed by atoms with Crippen LogP contribution in [0.3, 0.4) is 0 Å². The van der Waals surface area contributed by atoms with Gasteiger partial charge in [-0.2, -0.15) is 11.8 Å². The highest BCUT2D eigenvalue weighted by atomic mass is 32.2. The summed E-state index contributed by atoms with van der Waals surface area (Å²) in [4.78, 5) is 48.5. The number of aromatic amines is 1. The van der Waals surface area contributed by atoms with E-state index >= 15 is 0 Å². The topological polar surface area (TPSA) is 138 Å². The van der Waals surface area contributed by atoms with Crippen LogP contribution in [-0.4, -0.2) is 62.7 Å². The fraction of sp³-hybridized carbons (Fsp3) is 0.517. The van der Waals surface area contributed by atoms with Gasteiger partial charge in [0, 0.05) is 31.0 Å². The number of hydrogen-bond acceptors (Lipinski definition) is 8. The molecule has 11 heteroatoms. The SMILES string of the molecule is CSCC[C@H](NC(=O)CC1(c2oc(C)cc(=O)c2O)CCN(C(=O)OC(C)(C)C)CC1)c1nc2ccccc2[nH]1. The molecular weight excluding hydrogens is 532 g/mol. The Balaban J connectivity index is 1.60. The van der Waals surface area contributed by atoms with Crippen molar-refractivity contribution in [2.24, 2.45) is 0 Å². The Hall–Kier alpha value is -3.47. The van der Waals surface area contributed by atoms with E-state index in [2.05, 4.69) is 10.3 Å². The molecule has 1 aromatic carbocycles. The number of rotatable bonds is 8. The van der Waals surface area contributed by atoms with Crippen molar-refractivity contribution in [3.8, 4) is 5.75 Å². The van der Waals surface area contributed by atoms with E-state index in [4.69, 9.17) is 14.1 Å². The van der Waals surface area contributed by atoms with Gasteiger partial charge in [0.05, 0.1) is 17.1 Å². The van der Waals surface area contributed by atoms with Gasteiger partial charge in [-0.05, 0) is 71.1 Å². The van der Waals surface area contributed by atoms with Crippen molar-refractivity contribution in [3.05, 3.63) is 57.9 Å². The first-order chi connectivity index (χ1) is 18.9. The van der Waals surface area contributed by atoms with Crippen LogP contribution >= 0.6 is 11.8 Å². The molecule has 0 unspecified atom stereocenters. The minimum Gasteiger partial charge on any atom is -0.502 e. The fourth-order valence-electron chi connectivity index (χ4n) is 5.09. The first-order valence-corrected chi connectivity index (χ1v) is 14.9. The Bertz CT molecular complexity index is 1380. The lowest BCUT2D eigenvalue weighted by molar-refractivity contribution is -0.124. The molecule has 0 bridgehead atoms. The molecule has 3 aromatic rings. The Morgan fingerprint density at radius 1 is 1.27 bits per heavy atom. The summed E-state index contributed by atoms with van der Waals surface area (Å²) < 4.78 is 11.4. The number of fused-ring (bicyclic) bond motifs is 1. The minimum atomic E-state index is -0.990. The molecule has 0 radical (unpaired) electrons. The van der Waals surface area contributed by atoms with Gasteiger partial charge in [-0.1, -0.05) is 12.1 Å². The third-order valence-electron chi connectivity index (χ3n) is 7.08. The lowest BCUT2D eigenvalue weighted by Gasteiger charge is -2.41. The summed E-state index contributed by atoms with van der Waals surface area (Å²) in [6.45, 7) is 7.60. The summed E-state index contributed by atoms with van der Waals surface area (Å²) in [7, 11) is 0. The lowest BCUT2D eigenvalue weighted by atomic mass is 9.72. The number of carbonyl (C=O) groups excluding carboxylic acids is 2. The van der Waals surface area contributed by atoms with E-state index in [-0.39, 0.29) is 37.2 Å². The summed E-state index contributed by atoms with van der Waals surface area (Å²) in [6, 6.07) is 8.56. The van der Waals surface area contributed by atoms with Crippen molar-refractivity contribution < 1.29 is 23.8 Å². The molecule has 40 heavy (non-hydrogen) atoms. The monoisotopic (exact) mass is 570 g/mol. The molecule has 2 amide bonds. The van der Waals surface area contributed by atoms with Gasteiger partial charge in [0.15, 0.2) is 5.76 Å². The average molecular weight is 571 g/mol. The highest BCUT2D eigenvalue weighted by Gasteiger charge is 2.44. The number of nitrogens with one attached hydrogen (secondary N) is 2. The van der Waals surface area contributed by atoms with Gasteiger partial charge in [0.25, 0.3) is 0 Å². The predicted octanol–water partition coefficient (Wildman–Crippen LogP) is 4.80. The van der Waals surface area contributed by atoms with E-state index in [1.807, 2.05) is 30.5 Å². The lowest BCUT2D eigenvalue weighted by Crippen LogP contribution is -2.49. The Labute approximate surface area is 237 Å². The maximum Gasteiger partial charge on any atom is 0.410 e. The fourth-order valence-corrected chi connectivity index (χ4v) is 5.57. The highest BCUT2D eigenvalue weighted by Crippen LogP contribution is 2.42. The zero-order chi connectivity index (χ0) is 29.1. The number of para-hydroxylation sites is 2. The van der Waals surface area contributed by atoms with Gasteiger partial charge >= 0.3 is 6.09 Å². The number of aryl methyl sites for hydroxylation is 1. The number of piperidine rings is 1. The normalized spacial score (nSPS) is 16.1. The summed E-state index contributed by atoms with van der Waals surface area (Å²) in [6.07, 6.45) is 2.80. The van der Waals surface area contributed by atoms with Gasteiger partial charge in [0.1, 0.15) is 17.2 Å². The quantitative estimate of drug-likeness (QED) is 0.351. The van der Waals surface area contributed by atoms with Crippen LogP contribution < -0.4 is 10.7 Å². The van der Waals surface area contributed by atoms with Crippen LogP contribution in [0.5, 0.6) is 5.75 Å². The van der Waals surface area contributed by atoms with Crippen molar-refractivity contribution in [2.75, 3.05) is 25.1 Å². The van der Waals surface area contributed by atoms with Gasteiger partial charge in [-0.25, -0.2) is 9.78 Å². The Morgan fingerprint density at radius 2 is 1.98 bits per heavy atom. The van der Waals surface area contributed by atoms with E-state index in [1.165, 1.54) is 6.07 Å². The Kier molecular flexibility index (Phi) is 8.82. The second-order valence-corrected chi connectivity index (χ2v) is 12.3. The van der Waals surface area contributed by atoms with Gasteiger partial charge < -0.3 is 29.5 Å². The molecule has 0 aliphatic carbocycles. The van der Waals surface area contributed by atoms with Crippen LogP contribution in [0.1, 0.15) is 69.8 Å². The molecule has 2 aromatic heterocycles. The maximum atomic E-state index is 13.7. The van der Waals surface area contributed by atoms with E-state index in [0.717, 1.165) is 16.8 Å². The van der Waals surface area contributed by atoms with E-state index in [9.17, 15) is 19.5 Å². The molecule has 3 heterocycles. The number of imidazole rings is 1. The van der Waals surface area contributed by atoms with Crippen LogP contribution in [0.25, 0.3) is 11.0 Å². The summed E-state index contributed by atoms with van der Waals surface area (Å²) in [5, 5.41) is 13.9. The van der Waals surface area contributed by atoms with Crippen LogP contribution in [0, 0.1) is 6.92 Å².